The zero-order valence-corrected chi connectivity index (χ0v) is 17.9. The van der Waals surface area contributed by atoms with Crippen LogP contribution in [0.25, 0.3) is 0 Å². The second-order valence-electron chi connectivity index (χ2n) is 3.72. The van der Waals surface area contributed by atoms with Gasteiger partial charge in [0.1, 0.15) is 17.2 Å². The van der Waals surface area contributed by atoms with Gasteiger partial charge in [0.15, 0.2) is 0 Å². The van der Waals surface area contributed by atoms with Gasteiger partial charge in [-0.25, -0.2) is 0 Å². The molecule has 0 atom stereocenters. The van der Waals surface area contributed by atoms with Gasteiger partial charge < -0.3 is 9.47 Å². The van der Waals surface area contributed by atoms with Crippen molar-refractivity contribution >= 4 is 79.6 Å². The van der Waals surface area contributed by atoms with E-state index < -0.39 is 0 Å². The third-order valence-corrected chi connectivity index (χ3v) is 6.10. The number of hydrogen-bond donors (Lipinski definition) is 0. The summed E-state index contributed by atoms with van der Waals surface area (Å²) >= 11 is 17.3. The monoisotopic (exact) mass is 590 g/mol. The van der Waals surface area contributed by atoms with Gasteiger partial charge in [0, 0.05) is 8.95 Å². The maximum Gasteiger partial charge on any atom is 0.143 e. The van der Waals surface area contributed by atoms with Crippen LogP contribution in [-0.2, 0) is 0 Å². The average molecular weight is 595 g/mol. The second kappa shape index (κ2) is 7.13. The Bertz CT molecular complexity index is 658. The van der Waals surface area contributed by atoms with Crippen molar-refractivity contribution in [2.24, 2.45) is 0 Å². The van der Waals surface area contributed by atoms with Crippen LogP contribution < -0.4 is 9.47 Å². The van der Waals surface area contributed by atoms with E-state index in [9.17, 15) is 0 Å². The number of methoxy groups -OCH3 is 1. The average Bonchev–Trinajstić information content (AvgIpc) is 2.39. The van der Waals surface area contributed by atoms with Crippen molar-refractivity contribution in [2.45, 2.75) is 0 Å². The van der Waals surface area contributed by atoms with Crippen LogP contribution in [0.2, 0.25) is 0 Å². The van der Waals surface area contributed by atoms with E-state index >= 15 is 0 Å². The molecule has 0 heterocycles. The first-order valence-electron chi connectivity index (χ1n) is 5.27. The molecule has 2 nitrogen and oxygen atoms in total. The number of halogens is 5. The molecule has 0 aliphatic heterocycles. The summed E-state index contributed by atoms with van der Waals surface area (Å²) in [6, 6.07) is 7.51. The van der Waals surface area contributed by atoms with Crippen LogP contribution in [-0.4, -0.2) is 7.11 Å². The van der Waals surface area contributed by atoms with Crippen LogP contribution >= 0.6 is 79.6 Å². The molecule has 0 aliphatic rings. The van der Waals surface area contributed by atoms with E-state index in [-0.39, 0.29) is 0 Å². The summed E-state index contributed by atoms with van der Waals surface area (Å²) < 4.78 is 15.5. The fraction of sp³-hybridized carbons (Fsp3) is 0.0769. The highest BCUT2D eigenvalue weighted by molar-refractivity contribution is 9.13. The fourth-order valence-electron chi connectivity index (χ4n) is 1.45. The standard InChI is InChI=1S/C13H7Br5O2/c1-19-11-4-10(18)13(5-9(11)17)20-12-3-7(15)6(14)2-8(12)16/h2-5H,1H3. The fourth-order valence-corrected chi connectivity index (χ4v) is 3.73. The molecular weight excluding hydrogens is 588 g/mol. The third kappa shape index (κ3) is 3.80. The smallest absolute Gasteiger partial charge is 0.143 e. The number of benzene rings is 2. The molecular formula is C13H7Br5O2. The highest BCUT2D eigenvalue weighted by Gasteiger charge is 2.12. The summed E-state index contributed by atoms with van der Waals surface area (Å²) in [5.74, 6) is 2.13. The SMILES string of the molecule is COc1cc(Br)c(Oc2cc(Br)c(Br)cc2Br)cc1Br. The van der Waals surface area contributed by atoms with E-state index in [0.717, 1.165) is 28.1 Å². The Morgan fingerprint density at radius 1 is 0.600 bits per heavy atom. The van der Waals surface area contributed by atoms with E-state index in [1.807, 2.05) is 24.3 Å². The number of rotatable bonds is 3. The lowest BCUT2D eigenvalue weighted by Gasteiger charge is -2.13. The predicted octanol–water partition coefficient (Wildman–Crippen LogP) is 7.30. The molecule has 0 unspecified atom stereocenters. The molecule has 2 rings (SSSR count). The van der Waals surface area contributed by atoms with Gasteiger partial charge in [-0.2, -0.15) is 0 Å². The van der Waals surface area contributed by atoms with E-state index in [4.69, 9.17) is 9.47 Å². The third-order valence-electron chi connectivity index (χ3n) is 2.40. The lowest BCUT2D eigenvalue weighted by molar-refractivity contribution is 0.409. The Labute approximate surface area is 158 Å². The minimum absolute atomic E-state index is 0.688. The van der Waals surface area contributed by atoms with Gasteiger partial charge in [0.2, 0.25) is 0 Å². The van der Waals surface area contributed by atoms with E-state index in [0.29, 0.717) is 11.5 Å². The number of ether oxygens (including phenoxy) is 2. The highest BCUT2D eigenvalue weighted by Crippen LogP contribution is 2.41. The van der Waals surface area contributed by atoms with Crippen LogP contribution in [0.5, 0.6) is 17.2 Å². The second-order valence-corrected chi connectivity index (χ2v) is 7.99. The molecule has 0 saturated heterocycles. The van der Waals surface area contributed by atoms with Crippen molar-refractivity contribution in [1.82, 2.24) is 0 Å². The summed E-state index contributed by atoms with van der Waals surface area (Å²) in [5.41, 5.74) is 0. The topological polar surface area (TPSA) is 18.5 Å². The van der Waals surface area contributed by atoms with Crippen LogP contribution in [0.4, 0.5) is 0 Å². The quantitative estimate of drug-likeness (QED) is 0.347. The molecule has 0 saturated carbocycles. The molecule has 0 bridgehead atoms. The van der Waals surface area contributed by atoms with Gasteiger partial charge in [0.05, 0.1) is 20.5 Å². The van der Waals surface area contributed by atoms with Crippen molar-refractivity contribution in [3.63, 3.8) is 0 Å². The molecule has 0 amide bonds. The van der Waals surface area contributed by atoms with Crippen molar-refractivity contribution < 1.29 is 9.47 Å². The molecule has 0 fully saturated rings. The van der Waals surface area contributed by atoms with E-state index in [1.54, 1.807) is 7.11 Å². The molecule has 0 aliphatic carbocycles. The maximum absolute atomic E-state index is 5.93. The van der Waals surface area contributed by atoms with Gasteiger partial charge in [-0.15, -0.1) is 0 Å². The van der Waals surface area contributed by atoms with Gasteiger partial charge in [-0.1, -0.05) is 0 Å². The molecule has 2 aromatic rings. The minimum atomic E-state index is 0.688. The molecule has 0 N–H and O–H groups in total. The van der Waals surface area contributed by atoms with Crippen LogP contribution in [0.15, 0.2) is 46.6 Å². The van der Waals surface area contributed by atoms with Crippen molar-refractivity contribution in [3.8, 4) is 17.2 Å². The zero-order chi connectivity index (χ0) is 14.9. The molecule has 0 radical (unpaired) electrons. The van der Waals surface area contributed by atoms with Crippen molar-refractivity contribution in [1.29, 1.82) is 0 Å². The zero-order valence-electron chi connectivity index (χ0n) is 10.0. The molecule has 7 heteroatoms. The van der Waals surface area contributed by atoms with Crippen molar-refractivity contribution in [3.05, 3.63) is 46.6 Å². The minimum Gasteiger partial charge on any atom is -0.496 e. The lowest BCUT2D eigenvalue weighted by atomic mass is 10.3. The molecule has 0 spiro atoms. The van der Waals surface area contributed by atoms with Crippen molar-refractivity contribution in [2.75, 3.05) is 7.11 Å². The Morgan fingerprint density at radius 3 is 1.60 bits per heavy atom. The summed E-state index contributed by atoms with van der Waals surface area (Å²) in [5, 5.41) is 0. The van der Waals surface area contributed by atoms with Gasteiger partial charge in [-0.05, 0) is 104 Å². The highest BCUT2D eigenvalue weighted by atomic mass is 79.9. The largest absolute Gasteiger partial charge is 0.496 e. The van der Waals surface area contributed by atoms with E-state index in [1.165, 1.54) is 0 Å². The van der Waals surface area contributed by atoms with Gasteiger partial charge in [0.25, 0.3) is 0 Å². The van der Waals surface area contributed by atoms with Gasteiger partial charge >= 0.3 is 0 Å². The summed E-state index contributed by atoms with van der Waals surface area (Å²) in [6.07, 6.45) is 0. The Morgan fingerprint density at radius 2 is 1.00 bits per heavy atom. The van der Waals surface area contributed by atoms with Crippen LogP contribution in [0, 0.1) is 0 Å². The first kappa shape index (κ1) is 16.8. The summed E-state index contributed by atoms with van der Waals surface area (Å²) in [6.45, 7) is 0. The summed E-state index contributed by atoms with van der Waals surface area (Å²) in [4.78, 5) is 0. The molecule has 106 valence electrons. The molecule has 0 aromatic heterocycles. The Kier molecular flexibility index (Phi) is 5.99. The first-order valence-corrected chi connectivity index (χ1v) is 9.24. The predicted molar refractivity (Wildman–Crippen MR) is 98.0 cm³/mol. The number of hydrogen-bond acceptors (Lipinski definition) is 2. The Balaban J connectivity index is 2.40. The van der Waals surface area contributed by atoms with Crippen LogP contribution in [0.3, 0.4) is 0 Å². The maximum atomic E-state index is 5.93. The van der Waals surface area contributed by atoms with E-state index in [2.05, 4.69) is 79.6 Å². The summed E-state index contributed by atoms with van der Waals surface area (Å²) in [7, 11) is 1.62. The first-order chi connectivity index (χ1) is 9.42. The normalized spacial score (nSPS) is 10.5. The lowest BCUT2D eigenvalue weighted by Crippen LogP contribution is -1.90. The Hall–Kier alpha value is 0.440. The molecule has 2 aromatic carbocycles. The van der Waals surface area contributed by atoms with Crippen LogP contribution in [0.1, 0.15) is 0 Å². The van der Waals surface area contributed by atoms with Gasteiger partial charge in [-0.3, -0.25) is 0 Å². The molecule has 20 heavy (non-hydrogen) atoms.